The van der Waals surface area contributed by atoms with Gasteiger partial charge in [-0.05, 0) is 66.1 Å². The predicted molar refractivity (Wildman–Crippen MR) is 103 cm³/mol. The van der Waals surface area contributed by atoms with Gasteiger partial charge in [-0.2, -0.15) is 0 Å². The average molecular weight is 332 g/mol. The first-order valence-electron chi connectivity index (χ1n) is 8.79. The number of benzene rings is 2. The number of fused-ring (bicyclic) bond motifs is 1. The SMILES string of the molecule is CC(CCC(C)c1ccc2ncccc2c1)c1ccc(C(N)=O)cc1. The Balaban J connectivity index is 1.64. The van der Waals surface area contributed by atoms with Crippen molar-refractivity contribution in [1.29, 1.82) is 0 Å². The number of amides is 1. The van der Waals surface area contributed by atoms with Crippen LogP contribution >= 0.6 is 0 Å². The maximum Gasteiger partial charge on any atom is 0.248 e. The number of hydrogen-bond acceptors (Lipinski definition) is 2. The Hall–Kier alpha value is -2.68. The van der Waals surface area contributed by atoms with Crippen molar-refractivity contribution in [2.75, 3.05) is 0 Å². The van der Waals surface area contributed by atoms with E-state index in [2.05, 4.69) is 43.1 Å². The van der Waals surface area contributed by atoms with Crippen molar-refractivity contribution in [3.8, 4) is 0 Å². The lowest BCUT2D eigenvalue weighted by atomic mass is 9.88. The number of rotatable bonds is 6. The summed E-state index contributed by atoms with van der Waals surface area (Å²) >= 11 is 0. The Morgan fingerprint density at radius 1 is 0.960 bits per heavy atom. The van der Waals surface area contributed by atoms with E-state index >= 15 is 0 Å². The average Bonchev–Trinajstić information content (AvgIpc) is 2.65. The fourth-order valence-corrected chi connectivity index (χ4v) is 3.21. The van der Waals surface area contributed by atoms with Crippen LogP contribution in [0.3, 0.4) is 0 Å². The molecular formula is C22H24N2O. The van der Waals surface area contributed by atoms with Crippen molar-refractivity contribution in [2.24, 2.45) is 5.73 Å². The summed E-state index contributed by atoms with van der Waals surface area (Å²) in [6, 6.07) is 18.3. The molecule has 0 radical (unpaired) electrons. The van der Waals surface area contributed by atoms with Crippen LogP contribution in [-0.4, -0.2) is 10.9 Å². The van der Waals surface area contributed by atoms with Gasteiger partial charge in [0.05, 0.1) is 5.52 Å². The quantitative estimate of drug-likeness (QED) is 0.689. The van der Waals surface area contributed by atoms with E-state index in [0.29, 0.717) is 17.4 Å². The van der Waals surface area contributed by atoms with Crippen molar-refractivity contribution < 1.29 is 4.79 Å². The molecule has 0 bridgehead atoms. The molecule has 2 N–H and O–H groups in total. The molecule has 0 aliphatic heterocycles. The number of carbonyl (C=O) groups excluding carboxylic acids is 1. The number of nitrogens with zero attached hydrogens (tertiary/aromatic N) is 1. The maximum atomic E-state index is 11.2. The molecule has 2 aromatic carbocycles. The minimum atomic E-state index is -0.376. The highest BCUT2D eigenvalue weighted by Gasteiger charge is 2.11. The Bertz CT molecular complexity index is 871. The Kier molecular flexibility index (Phi) is 5.13. The highest BCUT2D eigenvalue weighted by molar-refractivity contribution is 5.92. The molecule has 2 unspecified atom stereocenters. The summed E-state index contributed by atoms with van der Waals surface area (Å²) in [4.78, 5) is 15.5. The van der Waals surface area contributed by atoms with Crippen molar-refractivity contribution in [3.05, 3.63) is 77.5 Å². The molecule has 3 aromatic rings. The maximum absolute atomic E-state index is 11.2. The van der Waals surface area contributed by atoms with Gasteiger partial charge in [-0.15, -0.1) is 0 Å². The van der Waals surface area contributed by atoms with Crippen LogP contribution in [0.4, 0.5) is 0 Å². The van der Waals surface area contributed by atoms with E-state index in [9.17, 15) is 4.79 Å². The highest BCUT2D eigenvalue weighted by Crippen LogP contribution is 2.29. The van der Waals surface area contributed by atoms with Crippen LogP contribution in [0.15, 0.2) is 60.8 Å². The number of hydrogen-bond donors (Lipinski definition) is 1. The molecule has 128 valence electrons. The summed E-state index contributed by atoms with van der Waals surface area (Å²) in [5.41, 5.74) is 9.51. The van der Waals surface area contributed by atoms with Gasteiger partial charge in [0, 0.05) is 17.1 Å². The van der Waals surface area contributed by atoms with Crippen LogP contribution in [0.2, 0.25) is 0 Å². The first-order valence-corrected chi connectivity index (χ1v) is 8.79. The zero-order valence-electron chi connectivity index (χ0n) is 14.8. The van der Waals surface area contributed by atoms with E-state index in [-0.39, 0.29) is 5.91 Å². The summed E-state index contributed by atoms with van der Waals surface area (Å²) in [7, 11) is 0. The lowest BCUT2D eigenvalue weighted by Crippen LogP contribution is -2.10. The van der Waals surface area contributed by atoms with E-state index in [1.807, 2.05) is 36.5 Å². The van der Waals surface area contributed by atoms with Gasteiger partial charge in [-0.25, -0.2) is 0 Å². The topological polar surface area (TPSA) is 56.0 Å². The molecule has 1 aromatic heterocycles. The van der Waals surface area contributed by atoms with E-state index in [0.717, 1.165) is 18.4 Å². The van der Waals surface area contributed by atoms with E-state index in [4.69, 9.17) is 5.73 Å². The fourth-order valence-electron chi connectivity index (χ4n) is 3.21. The molecule has 2 atom stereocenters. The lowest BCUT2D eigenvalue weighted by molar-refractivity contribution is 0.100. The zero-order chi connectivity index (χ0) is 17.8. The van der Waals surface area contributed by atoms with Gasteiger partial charge in [-0.1, -0.05) is 38.1 Å². The van der Waals surface area contributed by atoms with E-state index in [1.54, 1.807) is 0 Å². The Labute approximate surface area is 148 Å². The second kappa shape index (κ2) is 7.47. The molecule has 0 spiro atoms. The van der Waals surface area contributed by atoms with Gasteiger partial charge in [0.2, 0.25) is 5.91 Å². The van der Waals surface area contributed by atoms with Gasteiger partial charge in [0.25, 0.3) is 0 Å². The predicted octanol–water partition coefficient (Wildman–Crippen LogP) is 5.02. The summed E-state index contributed by atoms with van der Waals surface area (Å²) < 4.78 is 0. The number of pyridine rings is 1. The Morgan fingerprint density at radius 2 is 1.60 bits per heavy atom. The molecule has 3 nitrogen and oxygen atoms in total. The summed E-state index contributed by atoms with van der Waals surface area (Å²) in [5.74, 6) is 0.571. The van der Waals surface area contributed by atoms with Gasteiger partial charge >= 0.3 is 0 Å². The molecule has 3 heteroatoms. The number of carbonyl (C=O) groups is 1. The third-order valence-corrected chi connectivity index (χ3v) is 4.99. The minimum Gasteiger partial charge on any atom is -0.366 e. The highest BCUT2D eigenvalue weighted by atomic mass is 16.1. The molecule has 0 aliphatic carbocycles. The molecule has 25 heavy (non-hydrogen) atoms. The minimum absolute atomic E-state index is 0.376. The Morgan fingerprint density at radius 3 is 2.28 bits per heavy atom. The molecule has 1 amide bonds. The van der Waals surface area contributed by atoms with Gasteiger partial charge in [0.15, 0.2) is 0 Å². The van der Waals surface area contributed by atoms with Crippen molar-refractivity contribution in [2.45, 2.75) is 38.5 Å². The van der Waals surface area contributed by atoms with Crippen LogP contribution in [-0.2, 0) is 0 Å². The molecule has 0 saturated heterocycles. The number of nitrogens with two attached hydrogens (primary N) is 1. The van der Waals surface area contributed by atoms with Crippen LogP contribution in [0.5, 0.6) is 0 Å². The summed E-state index contributed by atoms with van der Waals surface area (Å²) in [5, 5.41) is 1.20. The van der Waals surface area contributed by atoms with Gasteiger partial charge < -0.3 is 5.73 Å². The zero-order valence-corrected chi connectivity index (χ0v) is 14.8. The van der Waals surface area contributed by atoms with Crippen LogP contribution in [0.25, 0.3) is 10.9 Å². The van der Waals surface area contributed by atoms with Crippen LogP contribution in [0, 0.1) is 0 Å². The molecule has 1 heterocycles. The van der Waals surface area contributed by atoms with Gasteiger partial charge in [-0.3, -0.25) is 9.78 Å². The van der Waals surface area contributed by atoms with E-state index in [1.165, 1.54) is 16.5 Å². The monoisotopic (exact) mass is 332 g/mol. The van der Waals surface area contributed by atoms with Crippen LogP contribution < -0.4 is 5.73 Å². The fraction of sp³-hybridized carbons (Fsp3) is 0.273. The molecule has 3 rings (SSSR count). The molecular weight excluding hydrogens is 308 g/mol. The summed E-state index contributed by atoms with van der Waals surface area (Å²) in [6.07, 6.45) is 4.04. The molecule has 0 fully saturated rings. The standard InChI is InChI=1S/C22H24N2O/c1-15(17-7-9-18(10-8-17)22(23)25)5-6-16(2)19-11-12-21-20(14-19)4-3-13-24-21/h3-4,7-16H,5-6H2,1-2H3,(H2,23,25). The third-order valence-electron chi connectivity index (χ3n) is 4.99. The lowest BCUT2D eigenvalue weighted by Gasteiger charge is -2.17. The van der Waals surface area contributed by atoms with Crippen molar-refractivity contribution in [1.82, 2.24) is 4.98 Å². The first-order chi connectivity index (χ1) is 12.0. The molecule has 0 saturated carbocycles. The smallest absolute Gasteiger partial charge is 0.248 e. The summed E-state index contributed by atoms with van der Waals surface area (Å²) in [6.45, 7) is 4.51. The third kappa shape index (κ3) is 4.05. The van der Waals surface area contributed by atoms with Gasteiger partial charge in [0.1, 0.15) is 0 Å². The van der Waals surface area contributed by atoms with Crippen molar-refractivity contribution >= 4 is 16.8 Å². The number of aromatic nitrogens is 1. The van der Waals surface area contributed by atoms with E-state index < -0.39 is 0 Å². The second-order valence-electron chi connectivity index (χ2n) is 6.82. The second-order valence-corrected chi connectivity index (χ2v) is 6.82. The molecule has 0 aliphatic rings. The van der Waals surface area contributed by atoms with Crippen molar-refractivity contribution in [3.63, 3.8) is 0 Å². The largest absolute Gasteiger partial charge is 0.366 e. The first kappa shape index (κ1) is 17.2. The number of primary amides is 1. The normalized spacial score (nSPS) is 13.5. The van der Waals surface area contributed by atoms with Crippen LogP contribution in [0.1, 0.15) is 60.0 Å².